The highest BCUT2D eigenvalue weighted by Gasteiger charge is 2.37. The number of amides is 1. The Labute approximate surface area is 118 Å². The summed E-state index contributed by atoms with van der Waals surface area (Å²) in [4.78, 5) is 11.7. The van der Waals surface area contributed by atoms with Gasteiger partial charge in [-0.25, -0.2) is 0 Å². The molecule has 0 heterocycles. The highest BCUT2D eigenvalue weighted by Crippen LogP contribution is 2.35. The minimum absolute atomic E-state index is 0.0635. The van der Waals surface area contributed by atoms with Crippen molar-refractivity contribution < 1.29 is 19.4 Å². The number of carbonyl (C=O) groups excluding carboxylic acids is 1. The third kappa shape index (κ3) is 3.49. The normalized spacial score (nSPS) is 16.3. The third-order valence-electron chi connectivity index (χ3n) is 3.71. The molecule has 1 fully saturated rings. The lowest BCUT2D eigenvalue weighted by Crippen LogP contribution is -2.44. The van der Waals surface area contributed by atoms with Gasteiger partial charge in [0.2, 0.25) is 0 Å². The van der Waals surface area contributed by atoms with E-state index in [1.165, 1.54) is 6.42 Å². The van der Waals surface area contributed by atoms with Crippen LogP contribution in [0, 0.1) is 0 Å². The molecule has 0 aromatic heterocycles. The van der Waals surface area contributed by atoms with Gasteiger partial charge in [-0.05, 0) is 43.5 Å². The molecule has 5 nitrogen and oxygen atoms in total. The number of methoxy groups -OCH3 is 1. The summed E-state index contributed by atoms with van der Waals surface area (Å²) in [6, 6.07) is 6.97. The predicted molar refractivity (Wildman–Crippen MR) is 74.9 cm³/mol. The summed E-state index contributed by atoms with van der Waals surface area (Å²) in [5.41, 5.74) is 0.424. The average molecular weight is 279 g/mol. The molecular weight excluding hydrogens is 258 g/mol. The van der Waals surface area contributed by atoms with Crippen LogP contribution >= 0.6 is 0 Å². The van der Waals surface area contributed by atoms with E-state index >= 15 is 0 Å². The first-order valence-corrected chi connectivity index (χ1v) is 6.86. The van der Waals surface area contributed by atoms with E-state index in [1.807, 2.05) is 0 Å². The lowest BCUT2D eigenvalue weighted by Gasteiger charge is -2.39. The molecule has 1 aliphatic carbocycles. The molecule has 0 radical (unpaired) electrons. The minimum atomic E-state index is -0.196. The molecule has 0 aliphatic heterocycles. The second-order valence-electron chi connectivity index (χ2n) is 5.03. The Morgan fingerprint density at radius 3 is 2.55 bits per heavy atom. The Morgan fingerprint density at radius 1 is 1.35 bits per heavy atom. The predicted octanol–water partition coefficient (Wildman–Crippen LogP) is 1.36. The standard InChI is InChI=1S/C15H21NO4/c1-19-15(7-2-8-15)11-20-13-5-3-12(4-6-13)14(18)16-9-10-17/h3-6,17H,2,7-11H2,1H3,(H,16,18). The lowest BCUT2D eigenvalue weighted by molar-refractivity contribution is -0.0982. The van der Waals surface area contributed by atoms with Crippen LogP contribution in [-0.4, -0.2) is 43.5 Å². The Morgan fingerprint density at radius 2 is 2.05 bits per heavy atom. The van der Waals surface area contributed by atoms with Gasteiger partial charge in [0.15, 0.2) is 0 Å². The van der Waals surface area contributed by atoms with Crippen molar-refractivity contribution in [3.05, 3.63) is 29.8 Å². The Balaban J connectivity index is 1.86. The van der Waals surface area contributed by atoms with Crippen molar-refractivity contribution >= 4 is 5.91 Å². The average Bonchev–Trinajstić information content (AvgIpc) is 2.45. The number of aliphatic hydroxyl groups excluding tert-OH is 1. The largest absolute Gasteiger partial charge is 0.491 e. The first kappa shape index (κ1) is 14.8. The monoisotopic (exact) mass is 279 g/mol. The fourth-order valence-electron chi connectivity index (χ4n) is 2.17. The first-order valence-electron chi connectivity index (χ1n) is 6.86. The van der Waals surface area contributed by atoms with Crippen LogP contribution in [0.1, 0.15) is 29.6 Å². The summed E-state index contributed by atoms with van der Waals surface area (Å²) < 4.78 is 11.2. The summed E-state index contributed by atoms with van der Waals surface area (Å²) >= 11 is 0. The molecule has 20 heavy (non-hydrogen) atoms. The summed E-state index contributed by atoms with van der Waals surface area (Å²) in [6.07, 6.45) is 3.25. The number of nitrogens with one attached hydrogen (secondary N) is 1. The number of benzene rings is 1. The molecule has 0 atom stereocenters. The second kappa shape index (κ2) is 6.72. The molecule has 2 rings (SSSR count). The molecule has 0 bridgehead atoms. The van der Waals surface area contributed by atoms with Crippen LogP contribution in [0.3, 0.4) is 0 Å². The van der Waals surface area contributed by atoms with Gasteiger partial charge in [0.25, 0.3) is 5.91 Å². The highest BCUT2D eigenvalue weighted by atomic mass is 16.5. The van der Waals surface area contributed by atoms with Crippen molar-refractivity contribution in [2.75, 3.05) is 26.9 Å². The summed E-state index contributed by atoms with van der Waals surface area (Å²) in [6.45, 7) is 0.735. The van der Waals surface area contributed by atoms with Gasteiger partial charge in [0, 0.05) is 19.2 Å². The Bertz CT molecular complexity index is 434. The number of hydrogen-bond acceptors (Lipinski definition) is 4. The summed E-state index contributed by atoms with van der Waals surface area (Å²) in [7, 11) is 1.72. The topological polar surface area (TPSA) is 67.8 Å². The fraction of sp³-hybridized carbons (Fsp3) is 0.533. The van der Waals surface area contributed by atoms with Gasteiger partial charge in [0.05, 0.1) is 6.61 Å². The van der Waals surface area contributed by atoms with Crippen molar-refractivity contribution in [3.63, 3.8) is 0 Å². The van der Waals surface area contributed by atoms with Crippen molar-refractivity contribution in [3.8, 4) is 5.75 Å². The minimum Gasteiger partial charge on any atom is -0.491 e. The van der Waals surface area contributed by atoms with E-state index in [-0.39, 0.29) is 24.7 Å². The van der Waals surface area contributed by atoms with Gasteiger partial charge in [-0.3, -0.25) is 4.79 Å². The third-order valence-corrected chi connectivity index (χ3v) is 3.71. The van der Waals surface area contributed by atoms with Crippen LogP contribution in [0.25, 0.3) is 0 Å². The van der Waals surface area contributed by atoms with Crippen LogP contribution in [0.15, 0.2) is 24.3 Å². The number of rotatable bonds is 7. The van der Waals surface area contributed by atoms with Gasteiger partial charge in [-0.1, -0.05) is 0 Å². The van der Waals surface area contributed by atoms with Gasteiger partial charge in [0.1, 0.15) is 18.0 Å². The molecule has 1 aromatic rings. The Hall–Kier alpha value is -1.59. The van der Waals surface area contributed by atoms with E-state index < -0.39 is 0 Å². The van der Waals surface area contributed by atoms with Crippen LogP contribution in [0.4, 0.5) is 0 Å². The zero-order valence-corrected chi connectivity index (χ0v) is 11.7. The molecule has 1 saturated carbocycles. The molecule has 0 spiro atoms. The quantitative estimate of drug-likeness (QED) is 0.790. The van der Waals surface area contributed by atoms with E-state index in [2.05, 4.69) is 5.32 Å². The zero-order chi connectivity index (χ0) is 14.4. The molecule has 0 unspecified atom stereocenters. The molecular formula is C15H21NO4. The molecule has 1 amide bonds. The highest BCUT2D eigenvalue weighted by molar-refractivity contribution is 5.94. The van der Waals surface area contributed by atoms with E-state index in [4.69, 9.17) is 14.6 Å². The van der Waals surface area contributed by atoms with E-state index in [0.717, 1.165) is 18.6 Å². The smallest absolute Gasteiger partial charge is 0.251 e. The fourth-order valence-corrected chi connectivity index (χ4v) is 2.17. The van der Waals surface area contributed by atoms with E-state index in [1.54, 1.807) is 31.4 Å². The SMILES string of the molecule is COC1(COc2ccc(C(=O)NCCO)cc2)CCC1. The van der Waals surface area contributed by atoms with Gasteiger partial charge >= 0.3 is 0 Å². The molecule has 0 saturated heterocycles. The second-order valence-corrected chi connectivity index (χ2v) is 5.03. The van der Waals surface area contributed by atoms with Crippen molar-refractivity contribution in [2.45, 2.75) is 24.9 Å². The number of ether oxygens (including phenoxy) is 2. The maximum Gasteiger partial charge on any atom is 0.251 e. The molecule has 110 valence electrons. The Kier molecular flexibility index (Phi) is 4.98. The summed E-state index contributed by atoms with van der Waals surface area (Å²) in [5, 5.41) is 11.3. The lowest BCUT2D eigenvalue weighted by atomic mass is 9.81. The van der Waals surface area contributed by atoms with Crippen molar-refractivity contribution in [1.82, 2.24) is 5.32 Å². The van der Waals surface area contributed by atoms with Crippen LogP contribution in [0.5, 0.6) is 5.75 Å². The number of aliphatic hydroxyl groups is 1. The van der Waals surface area contributed by atoms with Crippen LogP contribution in [-0.2, 0) is 4.74 Å². The number of carbonyl (C=O) groups is 1. The molecule has 1 aliphatic rings. The van der Waals surface area contributed by atoms with Crippen LogP contribution in [0.2, 0.25) is 0 Å². The molecule has 1 aromatic carbocycles. The molecule has 5 heteroatoms. The van der Waals surface area contributed by atoms with Crippen molar-refractivity contribution in [1.29, 1.82) is 0 Å². The first-order chi connectivity index (χ1) is 9.69. The van der Waals surface area contributed by atoms with E-state index in [0.29, 0.717) is 12.2 Å². The van der Waals surface area contributed by atoms with Crippen LogP contribution < -0.4 is 10.1 Å². The zero-order valence-electron chi connectivity index (χ0n) is 11.7. The number of hydrogen-bond donors (Lipinski definition) is 2. The van der Waals surface area contributed by atoms with Gasteiger partial charge in [-0.15, -0.1) is 0 Å². The maximum absolute atomic E-state index is 11.7. The maximum atomic E-state index is 11.7. The van der Waals surface area contributed by atoms with Gasteiger partial charge < -0.3 is 19.9 Å². The van der Waals surface area contributed by atoms with Crippen molar-refractivity contribution in [2.24, 2.45) is 0 Å². The summed E-state index contributed by atoms with van der Waals surface area (Å²) in [5.74, 6) is 0.532. The molecule has 2 N–H and O–H groups in total. The van der Waals surface area contributed by atoms with E-state index in [9.17, 15) is 4.79 Å². The van der Waals surface area contributed by atoms with Gasteiger partial charge in [-0.2, -0.15) is 0 Å².